The SMILES string of the molecule is CCCNCc1ccc(S(=O)(=O)NC2CCC(OC)C2)s1. The second-order valence-corrected chi connectivity index (χ2v) is 8.50. The molecule has 120 valence electrons. The molecule has 1 aromatic heterocycles. The third-order valence-electron chi connectivity index (χ3n) is 3.67. The first-order valence-electron chi connectivity index (χ1n) is 7.39. The summed E-state index contributed by atoms with van der Waals surface area (Å²) >= 11 is 1.34. The van der Waals surface area contributed by atoms with Gasteiger partial charge in [0.05, 0.1) is 6.10 Å². The van der Waals surface area contributed by atoms with Gasteiger partial charge in [0, 0.05) is 24.6 Å². The summed E-state index contributed by atoms with van der Waals surface area (Å²) < 4.78 is 33.2. The maximum absolute atomic E-state index is 12.4. The number of sulfonamides is 1. The van der Waals surface area contributed by atoms with Gasteiger partial charge in [0.15, 0.2) is 0 Å². The number of rotatable bonds is 8. The Morgan fingerprint density at radius 3 is 2.86 bits per heavy atom. The van der Waals surface area contributed by atoms with Crippen LogP contribution in [0.4, 0.5) is 0 Å². The van der Waals surface area contributed by atoms with Crippen molar-refractivity contribution in [1.29, 1.82) is 0 Å². The first-order chi connectivity index (χ1) is 10.0. The number of nitrogens with one attached hydrogen (secondary N) is 2. The molecule has 2 rings (SSSR count). The van der Waals surface area contributed by atoms with Gasteiger partial charge in [-0.15, -0.1) is 11.3 Å². The van der Waals surface area contributed by atoms with Crippen LogP contribution in [0.1, 0.15) is 37.5 Å². The van der Waals surface area contributed by atoms with E-state index in [9.17, 15) is 8.42 Å². The highest BCUT2D eigenvalue weighted by molar-refractivity contribution is 7.91. The van der Waals surface area contributed by atoms with Crippen molar-refractivity contribution < 1.29 is 13.2 Å². The molecule has 2 atom stereocenters. The Labute approximate surface area is 131 Å². The fourth-order valence-electron chi connectivity index (χ4n) is 2.52. The molecule has 0 aromatic carbocycles. The van der Waals surface area contributed by atoms with Crippen molar-refractivity contribution in [2.45, 2.75) is 55.5 Å². The van der Waals surface area contributed by atoms with Gasteiger partial charge in [0.1, 0.15) is 4.21 Å². The van der Waals surface area contributed by atoms with Crippen molar-refractivity contribution in [3.63, 3.8) is 0 Å². The predicted molar refractivity (Wildman–Crippen MR) is 85.1 cm³/mol. The molecule has 0 radical (unpaired) electrons. The van der Waals surface area contributed by atoms with Gasteiger partial charge in [-0.05, 0) is 44.4 Å². The Kier molecular flexibility index (Phi) is 6.19. The molecule has 21 heavy (non-hydrogen) atoms. The molecule has 0 saturated heterocycles. The molecule has 5 nitrogen and oxygen atoms in total. The van der Waals surface area contributed by atoms with E-state index in [-0.39, 0.29) is 12.1 Å². The van der Waals surface area contributed by atoms with Crippen molar-refractivity contribution in [3.05, 3.63) is 17.0 Å². The lowest BCUT2D eigenvalue weighted by molar-refractivity contribution is 0.107. The fraction of sp³-hybridized carbons (Fsp3) is 0.714. The molecule has 2 unspecified atom stereocenters. The van der Waals surface area contributed by atoms with E-state index in [4.69, 9.17) is 4.74 Å². The molecular weight excluding hydrogens is 308 g/mol. The highest BCUT2D eigenvalue weighted by atomic mass is 32.2. The molecule has 1 aliphatic carbocycles. The van der Waals surface area contributed by atoms with E-state index < -0.39 is 10.0 Å². The summed E-state index contributed by atoms with van der Waals surface area (Å²) in [5.74, 6) is 0. The molecule has 1 saturated carbocycles. The van der Waals surface area contributed by atoms with Crippen molar-refractivity contribution in [2.75, 3.05) is 13.7 Å². The van der Waals surface area contributed by atoms with Crippen LogP contribution in [-0.2, 0) is 21.3 Å². The molecule has 0 spiro atoms. The monoisotopic (exact) mass is 332 g/mol. The molecule has 0 aliphatic heterocycles. The third kappa shape index (κ3) is 4.75. The minimum Gasteiger partial charge on any atom is -0.381 e. The van der Waals surface area contributed by atoms with E-state index in [1.165, 1.54) is 11.3 Å². The summed E-state index contributed by atoms with van der Waals surface area (Å²) in [5.41, 5.74) is 0. The average molecular weight is 332 g/mol. The zero-order chi connectivity index (χ0) is 15.3. The maximum Gasteiger partial charge on any atom is 0.250 e. The number of methoxy groups -OCH3 is 1. The molecule has 0 amide bonds. The number of hydrogen-bond donors (Lipinski definition) is 2. The van der Waals surface area contributed by atoms with Crippen LogP contribution >= 0.6 is 11.3 Å². The number of hydrogen-bond acceptors (Lipinski definition) is 5. The van der Waals surface area contributed by atoms with Crippen LogP contribution in [0.3, 0.4) is 0 Å². The predicted octanol–water partition coefficient (Wildman–Crippen LogP) is 2.09. The molecule has 7 heteroatoms. The van der Waals surface area contributed by atoms with Gasteiger partial charge < -0.3 is 10.1 Å². The summed E-state index contributed by atoms with van der Waals surface area (Å²) in [7, 11) is -1.72. The first-order valence-corrected chi connectivity index (χ1v) is 9.69. The maximum atomic E-state index is 12.4. The van der Waals surface area contributed by atoms with Crippen molar-refractivity contribution in [3.8, 4) is 0 Å². The summed E-state index contributed by atoms with van der Waals surface area (Å²) in [6.45, 7) is 3.78. The molecule has 1 heterocycles. The summed E-state index contributed by atoms with van der Waals surface area (Å²) in [4.78, 5) is 1.05. The Bertz CT molecular complexity index is 542. The molecule has 0 bridgehead atoms. The van der Waals surface area contributed by atoms with E-state index in [1.807, 2.05) is 6.07 Å². The lowest BCUT2D eigenvalue weighted by atomic mass is 10.3. The van der Waals surface area contributed by atoms with Crippen LogP contribution in [0, 0.1) is 0 Å². The second kappa shape index (κ2) is 7.69. The third-order valence-corrected chi connectivity index (χ3v) is 6.77. The molecule has 1 fully saturated rings. The summed E-state index contributed by atoms with van der Waals surface area (Å²) in [5, 5.41) is 3.28. The van der Waals surface area contributed by atoms with E-state index in [0.717, 1.165) is 43.6 Å². The minimum atomic E-state index is -3.40. The fourth-order valence-corrected chi connectivity index (χ4v) is 5.15. The highest BCUT2D eigenvalue weighted by Gasteiger charge is 2.29. The van der Waals surface area contributed by atoms with E-state index in [2.05, 4.69) is 17.0 Å². The Hall–Kier alpha value is -0.470. The average Bonchev–Trinajstić information content (AvgIpc) is 3.08. The summed E-state index contributed by atoms with van der Waals surface area (Å²) in [6, 6.07) is 3.57. The number of ether oxygens (including phenoxy) is 1. The Morgan fingerprint density at radius 2 is 2.19 bits per heavy atom. The molecule has 1 aliphatic rings. The van der Waals surface area contributed by atoms with E-state index in [1.54, 1.807) is 13.2 Å². The van der Waals surface area contributed by atoms with Crippen LogP contribution in [0.15, 0.2) is 16.3 Å². The van der Waals surface area contributed by atoms with Gasteiger partial charge in [0.25, 0.3) is 0 Å². The van der Waals surface area contributed by atoms with Gasteiger partial charge in [-0.3, -0.25) is 0 Å². The lowest BCUT2D eigenvalue weighted by Crippen LogP contribution is -2.32. The standard InChI is InChI=1S/C14H24N2O3S2/c1-3-8-15-10-13-6-7-14(20-13)21(17,18)16-11-4-5-12(9-11)19-2/h6-7,11-12,15-16H,3-5,8-10H2,1-2H3. The van der Waals surface area contributed by atoms with Crippen LogP contribution in [0.2, 0.25) is 0 Å². The molecule has 1 aromatic rings. The van der Waals surface area contributed by atoms with E-state index >= 15 is 0 Å². The molecular formula is C14H24N2O3S2. The van der Waals surface area contributed by atoms with Gasteiger partial charge in [-0.1, -0.05) is 6.92 Å². The second-order valence-electron chi connectivity index (χ2n) is 5.39. The van der Waals surface area contributed by atoms with Crippen LogP contribution in [-0.4, -0.2) is 34.2 Å². The van der Waals surface area contributed by atoms with Crippen molar-refractivity contribution in [1.82, 2.24) is 10.0 Å². The van der Waals surface area contributed by atoms with E-state index in [0.29, 0.717) is 4.21 Å². The normalized spacial score (nSPS) is 22.8. The van der Waals surface area contributed by atoms with Crippen LogP contribution in [0.25, 0.3) is 0 Å². The number of thiophene rings is 1. The quantitative estimate of drug-likeness (QED) is 0.715. The van der Waals surface area contributed by atoms with Crippen LogP contribution in [0.5, 0.6) is 0 Å². The Balaban J connectivity index is 1.93. The highest BCUT2D eigenvalue weighted by Crippen LogP contribution is 2.26. The zero-order valence-electron chi connectivity index (χ0n) is 12.6. The minimum absolute atomic E-state index is 0.0104. The summed E-state index contributed by atoms with van der Waals surface area (Å²) in [6.07, 6.45) is 3.76. The smallest absolute Gasteiger partial charge is 0.250 e. The van der Waals surface area contributed by atoms with Crippen molar-refractivity contribution in [2.24, 2.45) is 0 Å². The largest absolute Gasteiger partial charge is 0.381 e. The zero-order valence-corrected chi connectivity index (χ0v) is 14.2. The van der Waals surface area contributed by atoms with Crippen molar-refractivity contribution >= 4 is 21.4 Å². The van der Waals surface area contributed by atoms with Gasteiger partial charge in [-0.25, -0.2) is 13.1 Å². The van der Waals surface area contributed by atoms with Gasteiger partial charge >= 0.3 is 0 Å². The molecule has 2 N–H and O–H groups in total. The first kappa shape index (κ1) is 16.9. The lowest BCUT2D eigenvalue weighted by Gasteiger charge is -2.12. The van der Waals surface area contributed by atoms with Gasteiger partial charge in [-0.2, -0.15) is 0 Å². The van der Waals surface area contributed by atoms with Gasteiger partial charge in [0.2, 0.25) is 10.0 Å². The topological polar surface area (TPSA) is 67.4 Å². The van der Waals surface area contributed by atoms with Crippen LogP contribution < -0.4 is 10.0 Å². The Morgan fingerprint density at radius 1 is 1.38 bits per heavy atom.